The zero-order valence-electron chi connectivity index (χ0n) is 19.7. The van der Waals surface area contributed by atoms with Crippen LogP contribution in [0.2, 0.25) is 0 Å². The minimum atomic E-state index is -5.08. The number of aliphatic carboxylic acids is 1. The molecule has 0 saturated carbocycles. The van der Waals surface area contributed by atoms with Gasteiger partial charge in [0.05, 0.1) is 22.3 Å². The van der Waals surface area contributed by atoms with Crippen molar-refractivity contribution < 1.29 is 36.3 Å². The molecule has 1 amide bonds. The largest absolute Gasteiger partial charge is 0.490 e. The van der Waals surface area contributed by atoms with E-state index in [2.05, 4.69) is 19.9 Å². The fourth-order valence-electron chi connectivity index (χ4n) is 3.29. The van der Waals surface area contributed by atoms with Crippen LogP contribution in [0.25, 0.3) is 0 Å². The van der Waals surface area contributed by atoms with Gasteiger partial charge in [0, 0.05) is 39.3 Å². The van der Waals surface area contributed by atoms with Gasteiger partial charge in [0.25, 0.3) is 15.9 Å². The number of rotatable bonds is 7. The summed E-state index contributed by atoms with van der Waals surface area (Å²) >= 11 is 0. The Morgan fingerprint density at radius 1 is 1.14 bits per heavy atom. The molecule has 2 aromatic rings. The van der Waals surface area contributed by atoms with E-state index in [-0.39, 0.29) is 16.5 Å². The SMILES string of the molecule is CCN(CC)C(=O)c1cc(NS(=O)(=O)c2ccccc2)cnc1N1CCNCC1.O=C(O)C(F)(F)F. The van der Waals surface area contributed by atoms with Gasteiger partial charge in [-0.25, -0.2) is 18.2 Å². The Labute approximate surface area is 207 Å². The van der Waals surface area contributed by atoms with Gasteiger partial charge in [0.15, 0.2) is 0 Å². The van der Waals surface area contributed by atoms with E-state index in [0.717, 1.165) is 26.2 Å². The Kier molecular flexibility index (Phi) is 10.0. The summed E-state index contributed by atoms with van der Waals surface area (Å²) in [5, 5.41) is 10.4. The number of anilines is 2. The van der Waals surface area contributed by atoms with E-state index in [0.29, 0.717) is 24.5 Å². The lowest BCUT2D eigenvalue weighted by atomic mass is 10.1. The molecule has 1 aliphatic rings. The van der Waals surface area contributed by atoms with Crippen molar-refractivity contribution in [3.63, 3.8) is 0 Å². The Bertz CT molecular complexity index is 1140. The van der Waals surface area contributed by atoms with Crippen LogP contribution in [0.1, 0.15) is 24.2 Å². The lowest BCUT2D eigenvalue weighted by Crippen LogP contribution is -2.45. The number of hydrogen-bond donors (Lipinski definition) is 3. The first-order valence-corrected chi connectivity index (χ1v) is 12.5. The predicted octanol–water partition coefficient (Wildman–Crippen LogP) is 2.41. The maximum atomic E-state index is 13.1. The molecule has 1 aliphatic heterocycles. The topological polar surface area (TPSA) is 132 Å². The van der Waals surface area contributed by atoms with Gasteiger partial charge in [-0.15, -0.1) is 0 Å². The van der Waals surface area contributed by atoms with Crippen molar-refractivity contribution in [3.8, 4) is 0 Å². The van der Waals surface area contributed by atoms with Gasteiger partial charge in [0.1, 0.15) is 5.82 Å². The first-order valence-electron chi connectivity index (χ1n) is 11.0. The third-order valence-electron chi connectivity index (χ3n) is 5.11. The molecule has 0 radical (unpaired) electrons. The maximum absolute atomic E-state index is 13.1. The summed E-state index contributed by atoms with van der Waals surface area (Å²) in [6.07, 6.45) is -3.61. The van der Waals surface area contributed by atoms with Crippen LogP contribution in [0, 0.1) is 0 Å². The third kappa shape index (κ3) is 7.81. The number of piperazine rings is 1. The smallest absolute Gasteiger partial charge is 0.475 e. The number of amides is 1. The monoisotopic (exact) mass is 531 g/mol. The summed E-state index contributed by atoms with van der Waals surface area (Å²) in [5.41, 5.74) is 0.673. The van der Waals surface area contributed by atoms with Crippen LogP contribution in [-0.4, -0.2) is 80.7 Å². The van der Waals surface area contributed by atoms with Crippen LogP contribution >= 0.6 is 0 Å². The average molecular weight is 532 g/mol. The van der Waals surface area contributed by atoms with Crippen molar-refractivity contribution >= 4 is 33.4 Å². The number of alkyl halides is 3. The van der Waals surface area contributed by atoms with E-state index in [4.69, 9.17) is 9.90 Å². The van der Waals surface area contributed by atoms with Crippen molar-refractivity contribution in [1.82, 2.24) is 15.2 Å². The molecule has 198 valence electrons. The highest BCUT2D eigenvalue weighted by molar-refractivity contribution is 7.92. The van der Waals surface area contributed by atoms with E-state index >= 15 is 0 Å². The summed E-state index contributed by atoms with van der Waals surface area (Å²) in [4.78, 5) is 30.4. The summed E-state index contributed by atoms with van der Waals surface area (Å²) in [6.45, 7) is 8.06. The van der Waals surface area contributed by atoms with Gasteiger partial charge >= 0.3 is 12.1 Å². The molecule has 1 aromatic heterocycles. The van der Waals surface area contributed by atoms with E-state index < -0.39 is 22.2 Å². The zero-order chi connectivity index (χ0) is 26.9. The lowest BCUT2D eigenvalue weighted by Gasteiger charge is -2.31. The van der Waals surface area contributed by atoms with Gasteiger partial charge in [-0.1, -0.05) is 18.2 Å². The van der Waals surface area contributed by atoms with Crippen LogP contribution in [-0.2, 0) is 14.8 Å². The number of carboxylic acid groups (broad SMARTS) is 1. The van der Waals surface area contributed by atoms with Gasteiger partial charge in [0.2, 0.25) is 0 Å². The molecule has 2 heterocycles. The molecule has 0 atom stereocenters. The molecular formula is C22H28F3N5O5S. The molecule has 0 bridgehead atoms. The van der Waals surface area contributed by atoms with Crippen LogP contribution in [0.4, 0.5) is 24.7 Å². The number of nitrogens with one attached hydrogen (secondary N) is 2. The highest BCUT2D eigenvalue weighted by atomic mass is 32.2. The molecule has 3 N–H and O–H groups in total. The first-order chi connectivity index (χ1) is 16.9. The Hall–Kier alpha value is -3.39. The van der Waals surface area contributed by atoms with Gasteiger partial charge < -0.3 is 20.2 Å². The molecule has 3 rings (SSSR count). The van der Waals surface area contributed by atoms with E-state index in [1.807, 2.05) is 13.8 Å². The number of hydrogen-bond acceptors (Lipinski definition) is 7. The van der Waals surface area contributed by atoms with Crippen molar-refractivity contribution in [2.24, 2.45) is 0 Å². The number of halogens is 3. The summed E-state index contributed by atoms with van der Waals surface area (Å²) in [6, 6.07) is 9.71. The minimum Gasteiger partial charge on any atom is -0.475 e. The molecular weight excluding hydrogens is 503 g/mol. The second kappa shape index (κ2) is 12.5. The molecule has 36 heavy (non-hydrogen) atoms. The predicted molar refractivity (Wildman–Crippen MR) is 128 cm³/mol. The average Bonchev–Trinajstić information content (AvgIpc) is 2.85. The summed E-state index contributed by atoms with van der Waals surface area (Å²) in [5.74, 6) is -2.32. The Morgan fingerprint density at radius 2 is 1.69 bits per heavy atom. The van der Waals surface area contributed by atoms with Crippen molar-refractivity contribution in [1.29, 1.82) is 0 Å². The Morgan fingerprint density at radius 3 is 2.19 bits per heavy atom. The number of carbonyl (C=O) groups excluding carboxylic acids is 1. The van der Waals surface area contributed by atoms with Gasteiger partial charge in [-0.2, -0.15) is 13.2 Å². The van der Waals surface area contributed by atoms with E-state index in [1.54, 1.807) is 29.2 Å². The quantitative estimate of drug-likeness (QED) is 0.496. The second-order valence-corrected chi connectivity index (χ2v) is 9.21. The fourth-order valence-corrected chi connectivity index (χ4v) is 4.35. The van der Waals surface area contributed by atoms with Crippen molar-refractivity contribution in [2.45, 2.75) is 24.9 Å². The van der Waals surface area contributed by atoms with Gasteiger partial charge in [-0.05, 0) is 32.0 Å². The zero-order valence-corrected chi connectivity index (χ0v) is 20.6. The number of aromatic nitrogens is 1. The lowest BCUT2D eigenvalue weighted by molar-refractivity contribution is -0.192. The van der Waals surface area contributed by atoms with E-state index in [9.17, 15) is 26.4 Å². The van der Waals surface area contributed by atoms with Crippen molar-refractivity contribution in [3.05, 3.63) is 48.2 Å². The fraction of sp³-hybridized carbons (Fsp3) is 0.409. The molecule has 1 aromatic carbocycles. The molecule has 0 aliphatic carbocycles. The van der Waals surface area contributed by atoms with Crippen LogP contribution in [0.5, 0.6) is 0 Å². The Balaban J connectivity index is 0.000000572. The standard InChI is InChI=1S/C20H27N5O3S.C2HF3O2/c1-3-24(4-2)20(26)18-14-16(15-22-19(18)25-12-10-21-11-13-25)23-29(27,28)17-8-6-5-7-9-17;3-2(4,5)1(6)7/h5-9,14-15,21,23H,3-4,10-13H2,1-2H3;(H,6,7). The number of carbonyl (C=O) groups is 2. The highest BCUT2D eigenvalue weighted by Crippen LogP contribution is 2.25. The summed E-state index contributed by atoms with van der Waals surface area (Å²) in [7, 11) is -3.76. The van der Waals surface area contributed by atoms with Crippen LogP contribution in [0.15, 0.2) is 47.5 Å². The first kappa shape index (κ1) is 28.8. The van der Waals surface area contributed by atoms with Crippen LogP contribution < -0.4 is 14.9 Å². The minimum absolute atomic E-state index is 0.155. The van der Waals surface area contributed by atoms with Crippen LogP contribution in [0.3, 0.4) is 0 Å². The number of nitrogens with zero attached hydrogens (tertiary/aromatic N) is 3. The second-order valence-electron chi connectivity index (χ2n) is 7.53. The van der Waals surface area contributed by atoms with Gasteiger partial charge in [-0.3, -0.25) is 9.52 Å². The van der Waals surface area contributed by atoms with Crippen molar-refractivity contribution in [2.75, 3.05) is 48.9 Å². The summed E-state index contributed by atoms with van der Waals surface area (Å²) < 4.78 is 59.6. The highest BCUT2D eigenvalue weighted by Gasteiger charge is 2.38. The number of carboxylic acids is 1. The number of pyridine rings is 1. The number of benzene rings is 1. The number of sulfonamides is 1. The molecule has 10 nitrogen and oxygen atoms in total. The molecule has 14 heteroatoms. The maximum Gasteiger partial charge on any atom is 0.490 e. The molecule has 0 spiro atoms. The normalized spacial score (nSPS) is 13.9. The van der Waals surface area contributed by atoms with E-state index in [1.165, 1.54) is 18.3 Å². The molecule has 0 unspecified atom stereocenters. The molecule has 1 fully saturated rings. The third-order valence-corrected chi connectivity index (χ3v) is 6.51. The molecule has 1 saturated heterocycles.